The van der Waals surface area contributed by atoms with E-state index in [9.17, 15) is 4.79 Å². The number of ether oxygens (including phenoxy) is 1. The largest absolute Gasteiger partial charge is 0.424 e. The molecule has 0 radical (unpaired) electrons. The van der Waals surface area contributed by atoms with E-state index in [2.05, 4.69) is 36.5 Å². The van der Waals surface area contributed by atoms with Gasteiger partial charge in [-0.1, -0.05) is 18.2 Å². The number of halogens is 1. The molecule has 136 valence electrons. The Morgan fingerprint density at radius 2 is 1.93 bits per heavy atom. The van der Waals surface area contributed by atoms with Gasteiger partial charge in [-0.15, -0.1) is 0 Å². The van der Waals surface area contributed by atoms with E-state index in [0.29, 0.717) is 15.9 Å². The first-order valence-electron chi connectivity index (χ1n) is 7.96. The summed E-state index contributed by atoms with van der Waals surface area (Å²) in [7, 11) is 0. The molecule has 6 nitrogen and oxygen atoms in total. The highest BCUT2D eigenvalue weighted by molar-refractivity contribution is 9.10. The summed E-state index contributed by atoms with van der Waals surface area (Å²) < 4.78 is 6.33. The molecule has 0 unspecified atom stereocenters. The summed E-state index contributed by atoms with van der Waals surface area (Å²) >= 11 is 8.49. The standard InChI is InChI=1S/C19H15BrN4O2S/c1-12-11-14(7-8-15(12)26-18-21-10-9-16(20)23-18)22-19(27)24-17(25)13-5-3-2-4-6-13/h2-11H,1H3,(H2,22,24,25,27). The zero-order chi connectivity index (χ0) is 19.2. The van der Waals surface area contributed by atoms with E-state index < -0.39 is 0 Å². The Morgan fingerprint density at radius 3 is 2.63 bits per heavy atom. The third kappa shape index (κ3) is 5.32. The Morgan fingerprint density at radius 1 is 1.15 bits per heavy atom. The summed E-state index contributed by atoms with van der Waals surface area (Å²) in [6.07, 6.45) is 1.60. The van der Waals surface area contributed by atoms with Gasteiger partial charge in [0.2, 0.25) is 0 Å². The number of aromatic nitrogens is 2. The van der Waals surface area contributed by atoms with Crippen LogP contribution in [0.1, 0.15) is 15.9 Å². The van der Waals surface area contributed by atoms with Gasteiger partial charge in [0.25, 0.3) is 5.91 Å². The molecule has 0 spiro atoms. The highest BCUT2D eigenvalue weighted by atomic mass is 79.9. The molecule has 0 saturated carbocycles. The molecule has 1 heterocycles. The average Bonchev–Trinajstić information content (AvgIpc) is 2.64. The predicted octanol–water partition coefficient (Wildman–Crippen LogP) is 4.47. The topological polar surface area (TPSA) is 76.1 Å². The van der Waals surface area contributed by atoms with E-state index in [1.54, 1.807) is 48.7 Å². The minimum absolute atomic E-state index is 0.215. The van der Waals surface area contributed by atoms with Crippen LogP contribution >= 0.6 is 28.1 Å². The van der Waals surface area contributed by atoms with Crippen molar-refractivity contribution in [2.24, 2.45) is 0 Å². The van der Waals surface area contributed by atoms with E-state index in [-0.39, 0.29) is 17.0 Å². The first kappa shape index (κ1) is 18.9. The maximum atomic E-state index is 12.1. The molecule has 1 amide bonds. The van der Waals surface area contributed by atoms with Crippen LogP contribution in [0.2, 0.25) is 0 Å². The number of amides is 1. The number of hydrogen-bond donors (Lipinski definition) is 2. The maximum absolute atomic E-state index is 12.1. The molecule has 27 heavy (non-hydrogen) atoms. The van der Waals surface area contributed by atoms with Crippen molar-refractivity contribution < 1.29 is 9.53 Å². The van der Waals surface area contributed by atoms with Crippen molar-refractivity contribution in [3.05, 3.63) is 76.5 Å². The molecule has 8 heteroatoms. The second kappa shape index (κ2) is 8.70. The number of nitrogens with one attached hydrogen (secondary N) is 2. The highest BCUT2D eigenvalue weighted by Gasteiger charge is 2.09. The number of carbonyl (C=O) groups excluding carboxylic acids is 1. The third-order valence-electron chi connectivity index (χ3n) is 3.50. The van der Waals surface area contributed by atoms with Crippen molar-refractivity contribution in [2.45, 2.75) is 6.92 Å². The van der Waals surface area contributed by atoms with E-state index >= 15 is 0 Å². The predicted molar refractivity (Wildman–Crippen MR) is 111 cm³/mol. The summed E-state index contributed by atoms with van der Waals surface area (Å²) in [5.74, 6) is 0.356. The van der Waals surface area contributed by atoms with Crippen LogP contribution in [-0.2, 0) is 0 Å². The maximum Gasteiger partial charge on any atom is 0.322 e. The lowest BCUT2D eigenvalue weighted by molar-refractivity contribution is 0.0977. The number of hydrogen-bond acceptors (Lipinski definition) is 5. The lowest BCUT2D eigenvalue weighted by Crippen LogP contribution is -2.34. The van der Waals surface area contributed by atoms with Gasteiger partial charge < -0.3 is 10.1 Å². The Hall–Kier alpha value is -2.84. The first-order chi connectivity index (χ1) is 13.0. The quantitative estimate of drug-likeness (QED) is 0.458. The number of benzene rings is 2. The minimum atomic E-state index is -0.267. The van der Waals surface area contributed by atoms with Crippen LogP contribution in [0.15, 0.2) is 65.4 Å². The van der Waals surface area contributed by atoms with E-state index in [1.807, 2.05) is 19.1 Å². The fourth-order valence-electron chi connectivity index (χ4n) is 2.24. The monoisotopic (exact) mass is 442 g/mol. The number of aryl methyl sites for hydroxylation is 1. The second-order valence-electron chi connectivity index (χ2n) is 5.52. The number of thiocarbonyl (C=S) groups is 1. The summed E-state index contributed by atoms with van der Waals surface area (Å²) in [6, 6.07) is 16.3. The fraction of sp³-hybridized carbons (Fsp3) is 0.0526. The van der Waals surface area contributed by atoms with Crippen LogP contribution < -0.4 is 15.4 Å². The lowest BCUT2D eigenvalue weighted by Gasteiger charge is -2.12. The summed E-state index contributed by atoms with van der Waals surface area (Å²) in [5.41, 5.74) is 2.13. The van der Waals surface area contributed by atoms with Gasteiger partial charge >= 0.3 is 6.01 Å². The van der Waals surface area contributed by atoms with Gasteiger partial charge in [-0.05, 0) is 77.0 Å². The normalized spacial score (nSPS) is 10.1. The molecule has 3 aromatic rings. The first-order valence-corrected chi connectivity index (χ1v) is 9.16. The molecule has 2 N–H and O–H groups in total. The lowest BCUT2D eigenvalue weighted by atomic mass is 10.2. The van der Waals surface area contributed by atoms with Crippen LogP contribution in [0, 0.1) is 6.92 Å². The SMILES string of the molecule is Cc1cc(NC(=S)NC(=O)c2ccccc2)ccc1Oc1nccc(Br)n1. The summed E-state index contributed by atoms with van der Waals surface area (Å²) in [5, 5.41) is 5.85. The molecule has 0 aliphatic carbocycles. The minimum Gasteiger partial charge on any atom is -0.424 e. The number of carbonyl (C=O) groups is 1. The van der Waals surface area contributed by atoms with Gasteiger partial charge in [0.05, 0.1) is 0 Å². The van der Waals surface area contributed by atoms with Crippen molar-refractivity contribution in [1.82, 2.24) is 15.3 Å². The van der Waals surface area contributed by atoms with Crippen LogP contribution in [0.4, 0.5) is 5.69 Å². The van der Waals surface area contributed by atoms with Crippen molar-refractivity contribution >= 4 is 44.9 Å². The molecule has 0 saturated heterocycles. The molecular formula is C19H15BrN4O2S. The van der Waals surface area contributed by atoms with Crippen LogP contribution in [0.3, 0.4) is 0 Å². The fourth-order valence-corrected chi connectivity index (χ4v) is 2.72. The Bertz CT molecular complexity index is 982. The Labute approximate surface area is 170 Å². The smallest absolute Gasteiger partial charge is 0.322 e. The highest BCUT2D eigenvalue weighted by Crippen LogP contribution is 2.26. The molecule has 0 fully saturated rings. The van der Waals surface area contributed by atoms with E-state index in [1.165, 1.54) is 0 Å². The van der Waals surface area contributed by atoms with E-state index in [0.717, 1.165) is 11.3 Å². The summed E-state index contributed by atoms with van der Waals surface area (Å²) in [6.45, 7) is 1.89. The molecular weight excluding hydrogens is 428 g/mol. The van der Waals surface area contributed by atoms with Gasteiger partial charge in [0.15, 0.2) is 5.11 Å². The molecule has 0 aliphatic heterocycles. The number of rotatable bonds is 4. The van der Waals surface area contributed by atoms with Gasteiger partial charge in [-0.3, -0.25) is 10.1 Å². The van der Waals surface area contributed by atoms with E-state index in [4.69, 9.17) is 17.0 Å². The zero-order valence-electron chi connectivity index (χ0n) is 14.3. The molecule has 3 rings (SSSR count). The van der Waals surface area contributed by atoms with Gasteiger partial charge in [-0.2, -0.15) is 4.98 Å². The Balaban J connectivity index is 1.63. The molecule has 0 aliphatic rings. The summed E-state index contributed by atoms with van der Waals surface area (Å²) in [4.78, 5) is 20.3. The molecule has 0 atom stereocenters. The van der Waals surface area contributed by atoms with Crippen LogP contribution in [0.25, 0.3) is 0 Å². The van der Waals surface area contributed by atoms with Crippen molar-refractivity contribution in [3.63, 3.8) is 0 Å². The van der Waals surface area contributed by atoms with Gasteiger partial charge in [0.1, 0.15) is 10.4 Å². The van der Waals surface area contributed by atoms with Crippen molar-refractivity contribution in [3.8, 4) is 11.8 Å². The number of nitrogens with zero attached hydrogens (tertiary/aromatic N) is 2. The third-order valence-corrected chi connectivity index (χ3v) is 4.14. The molecule has 0 bridgehead atoms. The van der Waals surface area contributed by atoms with Crippen LogP contribution in [-0.4, -0.2) is 21.0 Å². The second-order valence-corrected chi connectivity index (χ2v) is 6.74. The van der Waals surface area contributed by atoms with Gasteiger partial charge in [-0.25, -0.2) is 4.98 Å². The number of anilines is 1. The Kier molecular flexibility index (Phi) is 6.10. The zero-order valence-corrected chi connectivity index (χ0v) is 16.7. The molecule has 1 aromatic heterocycles. The molecule has 2 aromatic carbocycles. The van der Waals surface area contributed by atoms with Crippen LogP contribution in [0.5, 0.6) is 11.8 Å². The van der Waals surface area contributed by atoms with Gasteiger partial charge in [0, 0.05) is 17.4 Å². The van der Waals surface area contributed by atoms with Crippen molar-refractivity contribution in [1.29, 1.82) is 0 Å². The average molecular weight is 443 g/mol. The van der Waals surface area contributed by atoms with Crippen molar-refractivity contribution in [2.75, 3.05) is 5.32 Å².